The zero-order valence-electron chi connectivity index (χ0n) is 10.7. The third kappa shape index (κ3) is 3.59. The molecule has 0 radical (unpaired) electrons. The van der Waals surface area contributed by atoms with E-state index >= 15 is 0 Å². The Bertz CT molecular complexity index is 536. The minimum atomic E-state index is -0.276. The topological polar surface area (TPSA) is 104 Å². The Morgan fingerprint density at radius 2 is 2.10 bits per heavy atom. The molecule has 20 heavy (non-hydrogen) atoms. The quantitative estimate of drug-likeness (QED) is 0.694. The monoisotopic (exact) mass is 297 g/mol. The van der Waals surface area contributed by atoms with E-state index in [1.165, 1.54) is 21.0 Å². The van der Waals surface area contributed by atoms with Gasteiger partial charge in [0.1, 0.15) is 6.54 Å². The van der Waals surface area contributed by atoms with Crippen LogP contribution in [0, 0.1) is 0 Å². The van der Waals surface area contributed by atoms with E-state index in [1.807, 2.05) is 16.8 Å². The van der Waals surface area contributed by atoms with Crippen LogP contribution in [0.5, 0.6) is 0 Å². The molecular formula is C11H15N5O3S. The fraction of sp³-hybridized carbons (Fsp3) is 0.455. The van der Waals surface area contributed by atoms with Crippen LogP contribution < -0.4 is 0 Å². The van der Waals surface area contributed by atoms with Gasteiger partial charge in [-0.2, -0.15) is 16.1 Å². The minimum Gasteiger partial charge on any atom is -0.395 e. The molecule has 1 amide bonds. The molecule has 2 heterocycles. The highest BCUT2D eigenvalue weighted by Crippen LogP contribution is 2.16. The highest BCUT2D eigenvalue weighted by molar-refractivity contribution is 7.08. The first-order chi connectivity index (χ1) is 9.74. The van der Waals surface area contributed by atoms with E-state index in [1.54, 1.807) is 0 Å². The first-order valence-electron chi connectivity index (χ1n) is 6.04. The molecule has 0 aromatic carbocycles. The molecular weight excluding hydrogens is 282 g/mol. The lowest BCUT2D eigenvalue weighted by Gasteiger charge is -2.19. The molecule has 0 unspecified atom stereocenters. The first kappa shape index (κ1) is 14.6. The van der Waals surface area contributed by atoms with Gasteiger partial charge in [0, 0.05) is 24.0 Å². The van der Waals surface area contributed by atoms with Crippen LogP contribution >= 0.6 is 11.3 Å². The lowest BCUT2D eigenvalue weighted by molar-refractivity contribution is -0.133. The lowest BCUT2D eigenvalue weighted by atomic mass is 10.3. The molecule has 0 spiro atoms. The third-order valence-corrected chi connectivity index (χ3v) is 3.28. The lowest BCUT2D eigenvalue weighted by Crippen LogP contribution is -2.38. The van der Waals surface area contributed by atoms with Gasteiger partial charge in [0.15, 0.2) is 0 Å². The fourth-order valence-corrected chi connectivity index (χ4v) is 2.28. The number of aromatic nitrogens is 4. The van der Waals surface area contributed by atoms with Crippen LogP contribution in [0.2, 0.25) is 0 Å². The Balaban J connectivity index is 2.00. The van der Waals surface area contributed by atoms with Gasteiger partial charge in [0.05, 0.1) is 13.2 Å². The zero-order valence-corrected chi connectivity index (χ0v) is 11.5. The van der Waals surface area contributed by atoms with E-state index in [0.29, 0.717) is 5.82 Å². The van der Waals surface area contributed by atoms with Crippen LogP contribution in [0.3, 0.4) is 0 Å². The predicted molar refractivity (Wildman–Crippen MR) is 71.9 cm³/mol. The van der Waals surface area contributed by atoms with Crippen molar-refractivity contribution in [1.29, 1.82) is 0 Å². The first-order valence-corrected chi connectivity index (χ1v) is 6.98. The van der Waals surface area contributed by atoms with Crippen LogP contribution in [0.15, 0.2) is 16.8 Å². The summed E-state index contributed by atoms with van der Waals surface area (Å²) in [5.41, 5.74) is 0.858. The number of aliphatic hydroxyl groups excluding tert-OH is 2. The summed E-state index contributed by atoms with van der Waals surface area (Å²) in [6, 6.07) is 1.87. The highest BCUT2D eigenvalue weighted by atomic mass is 32.1. The molecule has 108 valence electrons. The molecule has 0 aliphatic heterocycles. The Morgan fingerprint density at radius 3 is 2.70 bits per heavy atom. The van der Waals surface area contributed by atoms with E-state index in [4.69, 9.17) is 10.2 Å². The fourth-order valence-electron chi connectivity index (χ4n) is 1.64. The predicted octanol–water partition coefficient (Wildman–Crippen LogP) is -0.785. The number of hydrogen-bond acceptors (Lipinski definition) is 7. The summed E-state index contributed by atoms with van der Waals surface area (Å²) in [5, 5.41) is 33.4. The number of tetrazole rings is 1. The van der Waals surface area contributed by atoms with Crippen molar-refractivity contribution in [3.63, 3.8) is 0 Å². The summed E-state index contributed by atoms with van der Waals surface area (Å²) in [7, 11) is 0. The number of amides is 1. The Kier molecular flexibility index (Phi) is 5.16. The van der Waals surface area contributed by atoms with E-state index in [2.05, 4.69) is 15.4 Å². The Hall–Kier alpha value is -1.84. The van der Waals surface area contributed by atoms with Crippen molar-refractivity contribution < 1.29 is 15.0 Å². The largest absolute Gasteiger partial charge is 0.395 e. The molecule has 2 N–H and O–H groups in total. The highest BCUT2D eigenvalue weighted by Gasteiger charge is 2.15. The van der Waals surface area contributed by atoms with Crippen LogP contribution in [-0.4, -0.2) is 67.5 Å². The second-order valence-corrected chi connectivity index (χ2v) is 4.76. The van der Waals surface area contributed by atoms with Crippen molar-refractivity contribution >= 4 is 17.2 Å². The third-order valence-electron chi connectivity index (χ3n) is 2.60. The van der Waals surface area contributed by atoms with E-state index in [-0.39, 0.29) is 38.8 Å². The molecule has 0 fully saturated rings. The summed E-state index contributed by atoms with van der Waals surface area (Å²) in [6.07, 6.45) is 0. The maximum absolute atomic E-state index is 12.0. The molecule has 0 saturated carbocycles. The van der Waals surface area contributed by atoms with Crippen molar-refractivity contribution in [3.8, 4) is 11.4 Å². The van der Waals surface area contributed by atoms with E-state index in [0.717, 1.165) is 5.56 Å². The van der Waals surface area contributed by atoms with E-state index < -0.39 is 0 Å². The number of thiophene rings is 1. The smallest absolute Gasteiger partial charge is 0.246 e. The summed E-state index contributed by atoms with van der Waals surface area (Å²) in [6.45, 7) is -0.0402. The second-order valence-electron chi connectivity index (χ2n) is 3.98. The number of carbonyl (C=O) groups is 1. The summed E-state index contributed by atoms with van der Waals surface area (Å²) in [5.74, 6) is 0.192. The number of hydrogen-bond donors (Lipinski definition) is 2. The van der Waals surface area contributed by atoms with Gasteiger partial charge in [-0.3, -0.25) is 4.79 Å². The van der Waals surface area contributed by atoms with E-state index in [9.17, 15) is 4.79 Å². The Morgan fingerprint density at radius 1 is 1.35 bits per heavy atom. The maximum atomic E-state index is 12.0. The SMILES string of the molecule is O=C(Cn1nnc(-c2ccsc2)n1)N(CCO)CCO. The van der Waals surface area contributed by atoms with Gasteiger partial charge in [-0.15, -0.1) is 10.2 Å². The average molecular weight is 297 g/mol. The molecule has 0 aliphatic rings. The standard InChI is InChI=1S/C11H15N5O3S/c17-4-2-15(3-5-18)10(19)7-16-13-11(12-14-16)9-1-6-20-8-9/h1,6,8,17-18H,2-5,7H2. The number of aliphatic hydroxyl groups is 2. The number of nitrogens with zero attached hydrogens (tertiary/aromatic N) is 5. The van der Waals surface area contributed by atoms with Gasteiger partial charge in [-0.05, 0) is 16.7 Å². The van der Waals surface area contributed by atoms with Crippen molar-refractivity contribution in [1.82, 2.24) is 25.1 Å². The van der Waals surface area contributed by atoms with Gasteiger partial charge in [-0.1, -0.05) is 0 Å². The molecule has 0 atom stereocenters. The number of rotatable bonds is 7. The summed E-state index contributed by atoms with van der Waals surface area (Å²) < 4.78 is 0. The van der Waals surface area contributed by atoms with Crippen molar-refractivity contribution in [3.05, 3.63) is 16.8 Å². The van der Waals surface area contributed by atoms with Gasteiger partial charge >= 0.3 is 0 Å². The molecule has 2 aromatic rings. The molecule has 0 aliphatic carbocycles. The molecule has 8 nitrogen and oxygen atoms in total. The Labute approximate surface area is 119 Å². The minimum absolute atomic E-state index is 0.0723. The second kappa shape index (κ2) is 7.08. The van der Waals surface area contributed by atoms with Gasteiger partial charge in [0.25, 0.3) is 0 Å². The summed E-state index contributed by atoms with van der Waals surface area (Å²) in [4.78, 5) is 14.5. The zero-order chi connectivity index (χ0) is 14.4. The average Bonchev–Trinajstić information content (AvgIpc) is 3.08. The van der Waals surface area contributed by atoms with Gasteiger partial charge < -0.3 is 15.1 Å². The normalized spacial score (nSPS) is 10.7. The molecule has 2 rings (SSSR count). The molecule has 0 saturated heterocycles. The van der Waals surface area contributed by atoms with Crippen molar-refractivity contribution in [2.45, 2.75) is 6.54 Å². The van der Waals surface area contributed by atoms with Gasteiger partial charge in [0.2, 0.25) is 11.7 Å². The van der Waals surface area contributed by atoms with Crippen molar-refractivity contribution in [2.75, 3.05) is 26.3 Å². The van der Waals surface area contributed by atoms with Crippen LogP contribution in [0.1, 0.15) is 0 Å². The van der Waals surface area contributed by atoms with Crippen LogP contribution in [0.25, 0.3) is 11.4 Å². The molecule has 2 aromatic heterocycles. The van der Waals surface area contributed by atoms with Crippen LogP contribution in [-0.2, 0) is 11.3 Å². The van der Waals surface area contributed by atoms with Crippen LogP contribution in [0.4, 0.5) is 0 Å². The number of carbonyl (C=O) groups excluding carboxylic acids is 1. The van der Waals surface area contributed by atoms with Crippen molar-refractivity contribution in [2.24, 2.45) is 0 Å². The molecule has 0 bridgehead atoms. The summed E-state index contributed by atoms with van der Waals surface area (Å²) >= 11 is 1.53. The maximum Gasteiger partial charge on any atom is 0.246 e. The molecule has 9 heteroatoms. The van der Waals surface area contributed by atoms with Gasteiger partial charge in [-0.25, -0.2) is 0 Å².